The lowest BCUT2D eigenvalue weighted by molar-refractivity contribution is 0.0696. The van der Waals surface area contributed by atoms with Crippen molar-refractivity contribution in [3.05, 3.63) is 83.2 Å². The summed E-state index contributed by atoms with van der Waals surface area (Å²) in [6.45, 7) is 0. The van der Waals surface area contributed by atoms with E-state index in [1.807, 2.05) is 12.1 Å². The Hall–Kier alpha value is -3.50. The normalized spacial score (nSPS) is 13.6. The molecule has 3 aromatic rings. The van der Waals surface area contributed by atoms with Gasteiger partial charge in [-0.2, -0.15) is 5.26 Å². The summed E-state index contributed by atoms with van der Waals surface area (Å²) in [6.07, 6.45) is 5.04. The van der Waals surface area contributed by atoms with Crippen LogP contribution >= 0.6 is 0 Å². The van der Waals surface area contributed by atoms with Crippen LogP contribution in [0.25, 0.3) is 11.1 Å². The van der Waals surface area contributed by atoms with Crippen molar-refractivity contribution >= 4 is 15.8 Å². The van der Waals surface area contributed by atoms with E-state index < -0.39 is 15.8 Å². The number of carboxylic acids is 1. The van der Waals surface area contributed by atoms with Crippen molar-refractivity contribution in [2.75, 3.05) is 0 Å². The van der Waals surface area contributed by atoms with Gasteiger partial charge in [-0.15, -0.1) is 0 Å². The number of nitrogens with zero attached hydrogens (tertiary/aromatic N) is 2. The summed E-state index contributed by atoms with van der Waals surface area (Å²) in [7, 11) is -3.85. The minimum absolute atomic E-state index is 0.0590. The summed E-state index contributed by atoms with van der Waals surface area (Å²) < 4.78 is 26.8. The van der Waals surface area contributed by atoms with Crippen LogP contribution in [-0.2, 0) is 15.6 Å². The molecule has 6 nitrogen and oxygen atoms in total. The van der Waals surface area contributed by atoms with Crippen molar-refractivity contribution in [3.63, 3.8) is 0 Å². The van der Waals surface area contributed by atoms with Crippen LogP contribution in [0, 0.1) is 11.3 Å². The molecular weight excluding hydrogens is 400 g/mol. The van der Waals surface area contributed by atoms with Gasteiger partial charge < -0.3 is 5.11 Å². The molecule has 0 saturated heterocycles. The standard InChI is InChI=1S/C23H18N2O4S/c24-12-15-3-7-20(18-2-1-9-25-13-18)19(10-15)14-30(28,29)22-11-17(23(26)27)6-8-21(22)16-4-5-16/h1-3,6-11,13,16H,4-5,14H2,(H,26,27). The summed E-state index contributed by atoms with van der Waals surface area (Å²) in [5, 5.41) is 18.6. The fraction of sp³-hybridized carbons (Fsp3) is 0.174. The smallest absolute Gasteiger partial charge is 0.335 e. The number of hydrogen-bond donors (Lipinski definition) is 1. The van der Waals surface area contributed by atoms with E-state index in [1.165, 1.54) is 12.1 Å². The number of carboxylic acid groups (broad SMARTS) is 1. The second-order valence-corrected chi connectivity index (χ2v) is 9.27. The first-order valence-corrected chi connectivity index (χ1v) is 11.1. The van der Waals surface area contributed by atoms with E-state index >= 15 is 0 Å². The molecule has 4 rings (SSSR count). The van der Waals surface area contributed by atoms with Crippen molar-refractivity contribution in [1.29, 1.82) is 5.26 Å². The van der Waals surface area contributed by atoms with Gasteiger partial charge >= 0.3 is 5.97 Å². The number of carbonyl (C=O) groups is 1. The fourth-order valence-electron chi connectivity index (χ4n) is 3.54. The van der Waals surface area contributed by atoms with Crippen molar-refractivity contribution in [1.82, 2.24) is 4.98 Å². The van der Waals surface area contributed by atoms with E-state index in [2.05, 4.69) is 4.98 Å². The molecule has 0 bridgehead atoms. The van der Waals surface area contributed by atoms with Crippen molar-refractivity contribution < 1.29 is 18.3 Å². The molecule has 0 unspecified atom stereocenters. The average molecular weight is 418 g/mol. The molecule has 7 heteroatoms. The Morgan fingerprint density at radius 2 is 1.97 bits per heavy atom. The van der Waals surface area contributed by atoms with E-state index in [0.717, 1.165) is 18.4 Å². The third-order valence-corrected chi connectivity index (χ3v) is 6.88. The van der Waals surface area contributed by atoms with Crippen molar-refractivity contribution in [3.8, 4) is 17.2 Å². The Morgan fingerprint density at radius 3 is 2.60 bits per heavy atom. The fourth-order valence-corrected chi connectivity index (χ4v) is 5.24. The molecule has 1 saturated carbocycles. The first-order chi connectivity index (χ1) is 14.4. The molecule has 30 heavy (non-hydrogen) atoms. The van der Waals surface area contributed by atoms with Gasteiger partial charge in [0.15, 0.2) is 9.84 Å². The number of benzene rings is 2. The largest absolute Gasteiger partial charge is 0.478 e. The van der Waals surface area contributed by atoms with Crippen LogP contribution in [0.2, 0.25) is 0 Å². The molecule has 0 amide bonds. The minimum Gasteiger partial charge on any atom is -0.478 e. The minimum atomic E-state index is -3.85. The number of rotatable bonds is 6. The number of aromatic carboxylic acids is 1. The molecule has 1 heterocycles. The highest BCUT2D eigenvalue weighted by atomic mass is 32.2. The predicted octanol–water partition coefficient (Wildman–Crippen LogP) is 4.17. The highest BCUT2D eigenvalue weighted by molar-refractivity contribution is 7.90. The Bertz CT molecular complexity index is 1270. The van der Waals surface area contributed by atoms with Gasteiger partial charge in [-0.05, 0) is 65.8 Å². The third kappa shape index (κ3) is 3.95. The lowest BCUT2D eigenvalue weighted by Gasteiger charge is -2.14. The summed E-state index contributed by atoms with van der Waals surface area (Å²) in [4.78, 5) is 15.6. The maximum absolute atomic E-state index is 13.4. The zero-order chi connectivity index (χ0) is 21.3. The average Bonchev–Trinajstić information content (AvgIpc) is 3.59. The number of aromatic nitrogens is 1. The van der Waals surface area contributed by atoms with Crippen LogP contribution < -0.4 is 0 Å². The Morgan fingerprint density at radius 1 is 1.17 bits per heavy atom. The second kappa shape index (κ2) is 7.73. The second-order valence-electron chi connectivity index (χ2n) is 7.32. The molecule has 1 aromatic heterocycles. The summed E-state index contributed by atoms with van der Waals surface area (Å²) in [5.41, 5.74) is 2.86. The van der Waals surface area contributed by atoms with E-state index in [-0.39, 0.29) is 22.1 Å². The number of pyridine rings is 1. The Kier molecular flexibility index (Phi) is 5.10. The molecular formula is C23H18N2O4S. The van der Waals surface area contributed by atoms with Gasteiger partial charge in [0.1, 0.15) is 0 Å². The van der Waals surface area contributed by atoms with Crippen LogP contribution in [-0.4, -0.2) is 24.5 Å². The number of hydrogen-bond acceptors (Lipinski definition) is 5. The molecule has 0 atom stereocenters. The molecule has 1 aliphatic rings. The lowest BCUT2D eigenvalue weighted by Crippen LogP contribution is -2.11. The van der Waals surface area contributed by atoms with Gasteiger partial charge in [0, 0.05) is 18.0 Å². The molecule has 0 radical (unpaired) electrons. The van der Waals surface area contributed by atoms with Crippen molar-refractivity contribution in [2.24, 2.45) is 0 Å². The summed E-state index contributed by atoms with van der Waals surface area (Å²) in [6, 6.07) is 14.9. The lowest BCUT2D eigenvalue weighted by atomic mass is 10.00. The van der Waals surface area contributed by atoms with Gasteiger partial charge in [0.05, 0.1) is 27.8 Å². The quantitative estimate of drug-likeness (QED) is 0.644. The van der Waals surface area contributed by atoms with E-state index in [9.17, 15) is 23.6 Å². The topological polar surface area (TPSA) is 108 Å². The van der Waals surface area contributed by atoms with Gasteiger partial charge in [-0.1, -0.05) is 18.2 Å². The van der Waals surface area contributed by atoms with Gasteiger partial charge in [0.25, 0.3) is 0 Å². The molecule has 150 valence electrons. The first kappa shape index (κ1) is 19.8. The highest BCUT2D eigenvalue weighted by Crippen LogP contribution is 2.44. The third-order valence-electron chi connectivity index (χ3n) is 5.17. The van der Waals surface area contributed by atoms with Crippen molar-refractivity contribution in [2.45, 2.75) is 29.4 Å². The Labute approximate surface area is 174 Å². The molecule has 1 aliphatic carbocycles. The molecule has 1 fully saturated rings. The molecule has 1 N–H and O–H groups in total. The maximum Gasteiger partial charge on any atom is 0.335 e. The van der Waals surface area contributed by atoms with Gasteiger partial charge in [-0.3, -0.25) is 4.98 Å². The van der Waals surface area contributed by atoms with Crippen LogP contribution in [0.5, 0.6) is 0 Å². The zero-order valence-corrected chi connectivity index (χ0v) is 16.8. The number of nitriles is 1. The Balaban J connectivity index is 1.82. The SMILES string of the molecule is N#Cc1ccc(-c2cccnc2)c(CS(=O)(=O)c2cc(C(=O)O)ccc2C2CC2)c1. The van der Waals surface area contributed by atoms with E-state index in [0.29, 0.717) is 22.3 Å². The first-order valence-electron chi connectivity index (χ1n) is 9.42. The van der Waals surface area contributed by atoms with Gasteiger partial charge in [0.2, 0.25) is 0 Å². The predicted molar refractivity (Wildman–Crippen MR) is 111 cm³/mol. The van der Waals surface area contributed by atoms with Crippen LogP contribution in [0.4, 0.5) is 0 Å². The van der Waals surface area contributed by atoms with Gasteiger partial charge in [-0.25, -0.2) is 13.2 Å². The van der Waals surface area contributed by atoms with Crippen LogP contribution in [0.15, 0.2) is 65.8 Å². The van der Waals surface area contributed by atoms with E-state index in [4.69, 9.17) is 0 Å². The molecule has 2 aromatic carbocycles. The summed E-state index contributed by atoms with van der Waals surface area (Å²) >= 11 is 0. The maximum atomic E-state index is 13.4. The van der Waals surface area contributed by atoms with Crippen LogP contribution in [0.1, 0.15) is 45.8 Å². The number of sulfone groups is 1. The molecule has 0 spiro atoms. The monoisotopic (exact) mass is 418 g/mol. The summed E-state index contributed by atoms with van der Waals surface area (Å²) in [5.74, 6) is -1.37. The highest BCUT2D eigenvalue weighted by Gasteiger charge is 2.31. The van der Waals surface area contributed by atoms with Crippen LogP contribution in [0.3, 0.4) is 0 Å². The molecule has 0 aliphatic heterocycles. The van der Waals surface area contributed by atoms with E-state index in [1.54, 1.807) is 42.7 Å². The zero-order valence-electron chi connectivity index (χ0n) is 15.9.